The Morgan fingerprint density at radius 2 is 1.74 bits per heavy atom. The van der Waals surface area contributed by atoms with Crippen LogP contribution < -0.4 is 20.1 Å². The predicted octanol–water partition coefficient (Wildman–Crippen LogP) is 2.91. The van der Waals surface area contributed by atoms with Crippen LogP contribution in [-0.4, -0.2) is 64.2 Å². The lowest BCUT2D eigenvalue weighted by molar-refractivity contribution is 0.180. The van der Waals surface area contributed by atoms with Crippen molar-refractivity contribution in [2.45, 2.75) is 38.0 Å². The van der Waals surface area contributed by atoms with E-state index in [0.717, 1.165) is 56.0 Å². The molecule has 0 unspecified atom stereocenters. The fraction of sp³-hybridized carbons (Fsp3) is 0.500. The van der Waals surface area contributed by atoms with Crippen molar-refractivity contribution < 1.29 is 17.9 Å². The number of urea groups is 1. The first-order chi connectivity index (χ1) is 16.2. The smallest absolute Gasteiger partial charge is 0.319 e. The van der Waals surface area contributed by atoms with E-state index in [-0.39, 0.29) is 10.9 Å². The second-order valence-electron chi connectivity index (χ2n) is 8.67. The summed E-state index contributed by atoms with van der Waals surface area (Å²) >= 11 is 0. The third-order valence-corrected chi connectivity index (χ3v) is 7.45. The molecule has 186 valence electrons. The highest BCUT2D eigenvalue weighted by molar-refractivity contribution is 7.89. The van der Waals surface area contributed by atoms with Crippen molar-refractivity contribution in [2.24, 2.45) is 5.92 Å². The molecule has 0 spiro atoms. The minimum absolute atomic E-state index is 0.218. The number of anilines is 1. The monoisotopic (exact) mass is 489 g/mol. The Morgan fingerprint density at radius 3 is 2.35 bits per heavy atom. The number of carbonyl (C=O) groups excluding carboxylic acids is 1. The van der Waals surface area contributed by atoms with Gasteiger partial charge in [0.15, 0.2) is 0 Å². The number of ether oxygens (including phenoxy) is 1. The number of methoxy groups -OCH3 is 1. The van der Waals surface area contributed by atoms with Crippen molar-refractivity contribution in [2.75, 3.05) is 45.2 Å². The van der Waals surface area contributed by atoms with Gasteiger partial charge in [-0.15, -0.1) is 0 Å². The summed E-state index contributed by atoms with van der Waals surface area (Å²) in [5.74, 6) is 1.12. The topological polar surface area (TPSA) is 113 Å². The van der Waals surface area contributed by atoms with E-state index in [1.807, 2.05) is 26.0 Å². The molecule has 0 aliphatic carbocycles. The van der Waals surface area contributed by atoms with Crippen molar-refractivity contribution in [1.29, 1.82) is 0 Å². The van der Waals surface area contributed by atoms with Crippen molar-refractivity contribution in [1.82, 2.24) is 19.9 Å². The Bertz CT molecular complexity index is 1030. The van der Waals surface area contributed by atoms with Crippen molar-refractivity contribution in [3.63, 3.8) is 0 Å². The van der Waals surface area contributed by atoms with E-state index < -0.39 is 10.0 Å². The van der Waals surface area contributed by atoms with Gasteiger partial charge >= 0.3 is 6.03 Å². The van der Waals surface area contributed by atoms with Crippen LogP contribution in [0, 0.1) is 19.8 Å². The molecule has 2 heterocycles. The number of carbonyl (C=O) groups is 1. The van der Waals surface area contributed by atoms with Crippen LogP contribution in [0.1, 0.15) is 30.7 Å². The first-order valence-electron chi connectivity index (χ1n) is 11.6. The number of benzene rings is 1. The average molecular weight is 490 g/mol. The molecule has 0 radical (unpaired) electrons. The van der Waals surface area contributed by atoms with Gasteiger partial charge in [-0.2, -0.15) is 0 Å². The quantitative estimate of drug-likeness (QED) is 0.473. The lowest BCUT2D eigenvalue weighted by Crippen LogP contribution is -2.41. The third kappa shape index (κ3) is 7.96. The van der Waals surface area contributed by atoms with Gasteiger partial charge in [0, 0.05) is 36.7 Å². The molecule has 1 aliphatic heterocycles. The average Bonchev–Trinajstić information content (AvgIpc) is 2.79. The standard InChI is InChI=1S/C24H35N5O4S/c1-18-16-21(17-19(2)27-18)28-24(30)25-12-15-29-13-9-20(10-14-29)8-11-26-34(31,32)23-6-4-22(33-3)5-7-23/h4-7,16-17,20,26H,8-15H2,1-3H3,(H2,25,27,28,30). The number of nitrogens with zero attached hydrogens (tertiary/aromatic N) is 2. The Balaban J connectivity index is 1.31. The minimum Gasteiger partial charge on any atom is -0.497 e. The van der Waals surface area contributed by atoms with Crippen LogP contribution in [-0.2, 0) is 10.0 Å². The number of pyridine rings is 1. The number of rotatable bonds is 10. The largest absolute Gasteiger partial charge is 0.497 e. The number of likely N-dealkylation sites (tertiary alicyclic amines) is 1. The number of hydrogen-bond donors (Lipinski definition) is 3. The number of aryl methyl sites for hydroxylation is 2. The Hall–Kier alpha value is -2.69. The Kier molecular flexibility index (Phi) is 9.26. The number of piperidine rings is 1. The zero-order chi connectivity index (χ0) is 24.6. The van der Waals surface area contributed by atoms with Gasteiger partial charge in [0.25, 0.3) is 0 Å². The maximum absolute atomic E-state index is 12.4. The molecule has 1 aromatic heterocycles. The lowest BCUT2D eigenvalue weighted by atomic mass is 9.94. The second-order valence-corrected chi connectivity index (χ2v) is 10.4. The number of hydrogen-bond acceptors (Lipinski definition) is 6. The van der Waals surface area contributed by atoms with Crippen molar-refractivity contribution in [3.8, 4) is 5.75 Å². The predicted molar refractivity (Wildman–Crippen MR) is 133 cm³/mol. The fourth-order valence-corrected chi connectivity index (χ4v) is 5.19. The van der Waals surface area contributed by atoms with E-state index in [1.54, 1.807) is 31.4 Å². The van der Waals surface area contributed by atoms with Crippen LogP contribution in [0.4, 0.5) is 10.5 Å². The maximum atomic E-state index is 12.4. The van der Waals surface area contributed by atoms with Crippen LogP contribution in [0.5, 0.6) is 5.75 Å². The van der Waals surface area contributed by atoms with E-state index in [9.17, 15) is 13.2 Å². The summed E-state index contributed by atoms with van der Waals surface area (Å²) in [6, 6.07) is 9.85. The summed E-state index contributed by atoms with van der Waals surface area (Å²) < 4.78 is 32.7. The van der Waals surface area contributed by atoms with Crippen LogP contribution in [0.2, 0.25) is 0 Å². The van der Waals surface area contributed by atoms with Gasteiger partial charge in [-0.25, -0.2) is 17.9 Å². The second kappa shape index (κ2) is 12.1. The van der Waals surface area contributed by atoms with Gasteiger partial charge in [0.05, 0.1) is 12.0 Å². The molecular formula is C24H35N5O4S. The number of aromatic nitrogens is 1. The fourth-order valence-electron chi connectivity index (χ4n) is 4.14. The van der Waals surface area contributed by atoms with Gasteiger partial charge < -0.3 is 20.3 Å². The molecule has 34 heavy (non-hydrogen) atoms. The number of nitrogens with one attached hydrogen (secondary N) is 3. The molecule has 1 aliphatic rings. The summed E-state index contributed by atoms with van der Waals surface area (Å²) in [4.78, 5) is 19.0. The van der Waals surface area contributed by atoms with Crippen molar-refractivity contribution >= 4 is 21.7 Å². The molecule has 3 rings (SSSR count). The first-order valence-corrected chi connectivity index (χ1v) is 13.1. The molecule has 9 nitrogen and oxygen atoms in total. The molecule has 2 amide bonds. The molecule has 10 heteroatoms. The molecule has 0 bridgehead atoms. The molecule has 0 saturated carbocycles. The van der Waals surface area contributed by atoms with E-state index in [1.165, 1.54) is 0 Å². The van der Waals surface area contributed by atoms with Gasteiger partial charge in [-0.05, 0) is 88.5 Å². The first kappa shape index (κ1) is 25.9. The van der Waals surface area contributed by atoms with Crippen LogP contribution in [0.3, 0.4) is 0 Å². The zero-order valence-corrected chi connectivity index (χ0v) is 21.0. The van der Waals surface area contributed by atoms with Gasteiger partial charge in [-0.1, -0.05) is 0 Å². The van der Waals surface area contributed by atoms with Crippen LogP contribution >= 0.6 is 0 Å². The number of sulfonamides is 1. The van der Waals surface area contributed by atoms with Gasteiger partial charge in [0.1, 0.15) is 5.75 Å². The minimum atomic E-state index is -3.51. The van der Waals surface area contributed by atoms with E-state index in [0.29, 0.717) is 24.8 Å². The summed E-state index contributed by atoms with van der Waals surface area (Å²) in [5, 5.41) is 5.76. The van der Waals surface area contributed by atoms with E-state index >= 15 is 0 Å². The van der Waals surface area contributed by atoms with Gasteiger partial charge in [-0.3, -0.25) is 4.98 Å². The summed E-state index contributed by atoms with van der Waals surface area (Å²) in [5.41, 5.74) is 2.48. The van der Waals surface area contributed by atoms with E-state index in [4.69, 9.17) is 4.74 Å². The van der Waals surface area contributed by atoms with Crippen LogP contribution in [0.25, 0.3) is 0 Å². The summed E-state index contributed by atoms with van der Waals surface area (Å²) in [6.07, 6.45) is 2.85. The number of amides is 2. The molecular weight excluding hydrogens is 454 g/mol. The Morgan fingerprint density at radius 1 is 1.09 bits per heavy atom. The highest BCUT2D eigenvalue weighted by Gasteiger charge is 2.20. The highest BCUT2D eigenvalue weighted by Crippen LogP contribution is 2.20. The molecule has 2 aromatic rings. The molecule has 1 saturated heterocycles. The third-order valence-electron chi connectivity index (χ3n) is 5.97. The zero-order valence-electron chi connectivity index (χ0n) is 20.1. The molecule has 0 atom stereocenters. The Labute approximate surface area is 202 Å². The lowest BCUT2D eigenvalue weighted by Gasteiger charge is -2.32. The van der Waals surface area contributed by atoms with E-state index in [2.05, 4.69) is 25.2 Å². The molecule has 1 fully saturated rings. The van der Waals surface area contributed by atoms with Gasteiger partial charge in [0.2, 0.25) is 10.0 Å². The SMILES string of the molecule is COc1ccc(S(=O)(=O)NCCC2CCN(CCNC(=O)Nc3cc(C)nc(C)c3)CC2)cc1. The highest BCUT2D eigenvalue weighted by atomic mass is 32.2. The maximum Gasteiger partial charge on any atom is 0.319 e. The van der Waals surface area contributed by atoms with Crippen molar-refractivity contribution in [3.05, 3.63) is 47.8 Å². The summed E-state index contributed by atoms with van der Waals surface area (Å²) in [7, 11) is -1.96. The summed E-state index contributed by atoms with van der Waals surface area (Å²) in [6.45, 7) is 7.48. The van der Waals surface area contributed by atoms with Crippen LogP contribution in [0.15, 0.2) is 41.3 Å². The molecule has 3 N–H and O–H groups in total. The molecule has 1 aromatic carbocycles. The normalized spacial score (nSPS) is 15.1.